The molecule has 0 unspecified atom stereocenters. The van der Waals surface area contributed by atoms with Gasteiger partial charge in [0.25, 0.3) is 5.91 Å². The second-order valence-corrected chi connectivity index (χ2v) is 6.39. The number of hydrogen-bond acceptors (Lipinski definition) is 5. The molecule has 3 aromatic rings. The molecule has 0 saturated heterocycles. The average molecular weight is 418 g/mol. The van der Waals surface area contributed by atoms with Gasteiger partial charge in [0.1, 0.15) is 0 Å². The van der Waals surface area contributed by atoms with Crippen molar-refractivity contribution in [1.82, 2.24) is 4.98 Å². The van der Waals surface area contributed by atoms with Gasteiger partial charge >= 0.3 is 0 Å². The number of aromatic nitrogens is 1. The predicted molar refractivity (Wildman–Crippen MR) is 100 cm³/mol. The van der Waals surface area contributed by atoms with Crippen molar-refractivity contribution in [2.45, 2.75) is 6.42 Å². The van der Waals surface area contributed by atoms with Gasteiger partial charge in [0, 0.05) is 9.86 Å². The van der Waals surface area contributed by atoms with E-state index in [1.807, 2.05) is 6.07 Å². The summed E-state index contributed by atoms with van der Waals surface area (Å²) in [5, 5.41) is 18.3. The maximum Gasteiger partial charge on any atom is 0.269 e. The Morgan fingerprint density at radius 2 is 1.92 bits per heavy atom. The molecule has 0 spiro atoms. The van der Waals surface area contributed by atoms with Gasteiger partial charge in [-0.2, -0.15) is 0 Å². The van der Waals surface area contributed by atoms with Gasteiger partial charge in [-0.05, 0) is 35.9 Å². The van der Waals surface area contributed by atoms with Crippen molar-refractivity contribution >= 4 is 38.4 Å². The van der Waals surface area contributed by atoms with Gasteiger partial charge in [-0.1, -0.05) is 22.0 Å². The zero-order valence-corrected chi connectivity index (χ0v) is 15.7. The molecular weight excluding hydrogens is 402 g/mol. The van der Waals surface area contributed by atoms with E-state index in [-0.39, 0.29) is 18.0 Å². The van der Waals surface area contributed by atoms with Crippen molar-refractivity contribution < 1.29 is 19.4 Å². The molecule has 2 aromatic carbocycles. The number of aromatic amines is 1. The van der Waals surface area contributed by atoms with Gasteiger partial charge in [-0.25, -0.2) is 0 Å². The summed E-state index contributed by atoms with van der Waals surface area (Å²) in [6.07, 6.45) is 0.0522. The molecule has 1 amide bonds. The number of H-pyrrole nitrogens is 1. The Morgan fingerprint density at radius 3 is 2.65 bits per heavy atom. The molecule has 1 aromatic heterocycles. The molecule has 0 aliphatic heterocycles. The molecule has 0 bridgehead atoms. The molecular formula is C18H16BrN3O4. The van der Waals surface area contributed by atoms with E-state index in [9.17, 15) is 9.90 Å². The molecule has 1 heterocycles. The Labute approximate surface area is 157 Å². The number of hydrogen-bond donors (Lipinski definition) is 2. The van der Waals surface area contributed by atoms with Gasteiger partial charge in [0.2, 0.25) is 5.88 Å². The van der Waals surface area contributed by atoms with E-state index in [1.54, 1.807) is 37.4 Å². The van der Waals surface area contributed by atoms with Crippen molar-refractivity contribution in [3.8, 4) is 17.4 Å². The number of aromatic hydroxyl groups is 1. The number of nitrogens with zero attached hydrogens (tertiary/aromatic N) is 2. The zero-order valence-electron chi connectivity index (χ0n) is 14.1. The normalized spacial score (nSPS) is 11.2. The molecule has 0 fully saturated rings. The molecule has 2 N–H and O–H groups in total. The fourth-order valence-electron chi connectivity index (χ4n) is 2.54. The van der Waals surface area contributed by atoms with Crippen molar-refractivity contribution in [2.24, 2.45) is 10.2 Å². The number of rotatable bonds is 5. The molecule has 0 saturated carbocycles. The van der Waals surface area contributed by atoms with E-state index in [1.165, 1.54) is 7.11 Å². The summed E-state index contributed by atoms with van der Waals surface area (Å²) in [6, 6.07) is 10.6. The van der Waals surface area contributed by atoms with Crippen LogP contribution in [-0.2, 0) is 11.2 Å². The summed E-state index contributed by atoms with van der Waals surface area (Å²) >= 11 is 3.37. The van der Waals surface area contributed by atoms with Crippen LogP contribution in [-0.4, -0.2) is 30.2 Å². The van der Waals surface area contributed by atoms with Gasteiger partial charge in [-0.3, -0.25) is 4.79 Å². The number of carbonyl (C=O) groups is 1. The van der Waals surface area contributed by atoms with Crippen LogP contribution < -0.4 is 9.47 Å². The van der Waals surface area contributed by atoms with Crippen LogP contribution in [0, 0.1) is 0 Å². The first-order valence-corrected chi connectivity index (χ1v) is 8.46. The number of benzene rings is 2. The lowest BCUT2D eigenvalue weighted by Crippen LogP contribution is -1.99. The Balaban J connectivity index is 1.80. The van der Waals surface area contributed by atoms with Gasteiger partial charge < -0.3 is 19.6 Å². The number of ether oxygens (including phenoxy) is 2. The third kappa shape index (κ3) is 3.70. The highest BCUT2D eigenvalue weighted by Gasteiger charge is 2.12. The van der Waals surface area contributed by atoms with Crippen LogP contribution in [0.4, 0.5) is 5.69 Å². The summed E-state index contributed by atoms with van der Waals surface area (Å²) in [5.41, 5.74) is 1.64. The fourth-order valence-corrected chi connectivity index (χ4v) is 2.90. The predicted octanol–water partition coefficient (Wildman–Crippen LogP) is 4.51. The first-order chi connectivity index (χ1) is 12.5. The number of carbonyl (C=O) groups excluding carboxylic acids is 1. The number of fused-ring (bicyclic) bond motifs is 1. The minimum atomic E-state index is -0.444. The number of methoxy groups -OCH3 is 2. The van der Waals surface area contributed by atoms with Crippen LogP contribution >= 0.6 is 15.9 Å². The number of nitrogens with one attached hydrogen (secondary N) is 1. The highest BCUT2D eigenvalue weighted by atomic mass is 79.9. The van der Waals surface area contributed by atoms with E-state index in [0.717, 1.165) is 10.0 Å². The Hall–Kier alpha value is -2.87. The molecule has 0 aliphatic rings. The number of azo groups is 1. The smallest absolute Gasteiger partial charge is 0.269 e. The van der Waals surface area contributed by atoms with E-state index < -0.39 is 5.91 Å². The first kappa shape index (κ1) is 17.9. The maximum absolute atomic E-state index is 12.1. The first-order valence-electron chi connectivity index (χ1n) is 7.67. The summed E-state index contributed by atoms with van der Waals surface area (Å²) in [5.74, 6) is 0.537. The third-order valence-electron chi connectivity index (χ3n) is 3.78. The molecule has 3 rings (SSSR count). The van der Waals surface area contributed by atoms with E-state index in [4.69, 9.17) is 9.47 Å². The Bertz CT molecular complexity index is 998. The van der Waals surface area contributed by atoms with Crippen LogP contribution in [0.3, 0.4) is 0 Å². The fraction of sp³-hybridized carbons (Fsp3) is 0.167. The van der Waals surface area contributed by atoms with Gasteiger partial charge in [-0.15, -0.1) is 10.2 Å². The van der Waals surface area contributed by atoms with Crippen molar-refractivity contribution in [2.75, 3.05) is 14.2 Å². The lowest BCUT2D eigenvalue weighted by molar-refractivity contribution is -0.117. The summed E-state index contributed by atoms with van der Waals surface area (Å²) in [4.78, 5) is 14.9. The highest BCUT2D eigenvalue weighted by Crippen LogP contribution is 2.36. The topological polar surface area (TPSA) is 96.3 Å². The molecule has 134 valence electrons. The maximum atomic E-state index is 12.1. The van der Waals surface area contributed by atoms with Crippen LogP contribution in [0.15, 0.2) is 51.1 Å². The molecule has 26 heavy (non-hydrogen) atoms. The molecule has 0 atom stereocenters. The number of halogens is 1. The largest absolute Gasteiger partial charge is 0.493 e. The zero-order chi connectivity index (χ0) is 18.7. The van der Waals surface area contributed by atoms with Crippen LogP contribution in [0.2, 0.25) is 0 Å². The summed E-state index contributed by atoms with van der Waals surface area (Å²) in [7, 11) is 3.07. The minimum Gasteiger partial charge on any atom is -0.493 e. The van der Waals surface area contributed by atoms with E-state index in [2.05, 4.69) is 31.1 Å². The van der Waals surface area contributed by atoms with Crippen LogP contribution in [0.25, 0.3) is 10.9 Å². The molecule has 0 radical (unpaired) electrons. The summed E-state index contributed by atoms with van der Waals surface area (Å²) in [6.45, 7) is 0. The summed E-state index contributed by atoms with van der Waals surface area (Å²) < 4.78 is 11.2. The van der Waals surface area contributed by atoms with Crippen molar-refractivity contribution in [3.05, 3.63) is 46.4 Å². The molecule has 0 aliphatic carbocycles. The quantitative estimate of drug-likeness (QED) is 0.596. The lowest BCUT2D eigenvalue weighted by Gasteiger charge is -2.08. The van der Waals surface area contributed by atoms with Crippen LogP contribution in [0.5, 0.6) is 17.4 Å². The SMILES string of the molecule is COc1ccc(CC(=O)N=Nc2c(O)[nH]c3ccc(Br)cc23)cc1OC. The third-order valence-corrected chi connectivity index (χ3v) is 4.27. The van der Waals surface area contributed by atoms with Crippen molar-refractivity contribution in [3.63, 3.8) is 0 Å². The second kappa shape index (κ2) is 7.57. The second-order valence-electron chi connectivity index (χ2n) is 5.47. The standard InChI is InChI=1S/C18H16BrN3O4/c1-25-14-6-3-10(7-15(14)26-2)8-16(23)21-22-17-12-9-11(19)4-5-13(12)20-18(17)24/h3-7,9,20,24H,8H2,1-2H3. The lowest BCUT2D eigenvalue weighted by atomic mass is 10.1. The van der Waals surface area contributed by atoms with Crippen LogP contribution in [0.1, 0.15) is 5.56 Å². The molecule has 7 nitrogen and oxygen atoms in total. The van der Waals surface area contributed by atoms with E-state index >= 15 is 0 Å². The van der Waals surface area contributed by atoms with E-state index in [0.29, 0.717) is 22.4 Å². The highest BCUT2D eigenvalue weighted by molar-refractivity contribution is 9.10. The monoisotopic (exact) mass is 417 g/mol. The number of amides is 1. The average Bonchev–Trinajstić information content (AvgIpc) is 2.94. The Kier molecular flexibility index (Phi) is 5.22. The minimum absolute atomic E-state index is 0.0522. The molecule has 8 heteroatoms. The van der Waals surface area contributed by atoms with Crippen molar-refractivity contribution in [1.29, 1.82) is 0 Å². The van der Waals surface area contributed by atoms with Gasteiger partial charge in [0.05, 0.1) is 26.2 Å². The van der Waals surface area contributed by atoms with Gasteiger partial charge in [0.15, 0.2) is 17.2 Å². The Morgan fingerprint density at radius 1 is 1.15 bits per heavy atom.